The van der Waals surface area contributed by atoms with Gasteiger partial charge >= 0.3 is 11.9 Å². The van der Waals surface area contributed by atoms with Crippen molar-refractivity contribution in [2.45, 2.75) is 40.5 Å². The average molecular weight is 897 g/mol. The van der Waals surface area contributed by atoms with Gasteiger partial charge in [0.1, 0.15) is 36.2 Å². The number of fused-ring (bicyclic) bond motifs is 2. The van der Waals surface area contributed by atoms with Crippen molar-refractivity contribution >= 4 is 68.1 Å². The summed E-state index contributed by atoms with van der Waals surface area (Å²) >= 11 is 2.79. The lowest BCUT2D eigenvalue weighted by Gasteiger charge is -2.29. The molecule has 6 aromatic rings. The second kappa shape index (κ2) is 24.5. The largest absolute Gasteiger partial charge is 0.497 e. The van der Waals surface area contributed by atoms with Crippen LogP contribution in [0.4, 0.5) is 21.6 Å². The SMILES string of the molecule is C.C.COc1ccc(-c2csc(N)n2)cc1.COc1ccc(-c2csc(NC(=O)CCC(=O)N3CCOc4ccccc43)n2)cc1.O=C1CCC(=O)O1.c1ccc2c(c1)NCCO2. The lowest BCUT2D eigenvalue weighted by atomic mass is 10.2. The molecule has 5 heterocycles. The van der Waals surface area contributed by atoms with Crippen LogP contribution >= 0.6 is 22.7 Å². The van der Waals surface area contributed by atoms with Crippen LogP contribution in [-0.2, 0) is 23.9 Å². The van der Waals surface area contributed by atoms with Gasteiger partial charge in [-0.25, -0.2) is 9.97 Å². The maximum Gasteiger partial charge on any atom is 0.314 e. The number of amides is 2. The molecule has 0 aliphatic carbocycles. The van der Waals surface area contributed by atoms with E-state index in [1.165, 1.54) is 22.7 Å². The predicted octanol–water partition coefficient (Wildman–Crippen LogP) is 8.98. The van der Waals surface area contributed by atoms with Crippen LogP contribution in [0.2, 0.25) is 0 Å². The molecule has 3 aliphatic rings. The monoisotopic (exact) mass is 896 g/mol. The number of carbonyl (C=O) groups is 4. The Labute approximate surface area is 375 Å². The number of hydrogen-bond donors (Lipinski definition) is 3. The van der Waals surface area contributed by atoms with Crippen LogP contribution in [0.3, 0.4) is 0 Å². The number of esters is 2. The van der Waals surface area contributed by atoms with Gasteiger partial charge in [-0.05, 0) is 72.8 Å². The number of cyclic esters (lactones) is 2. The van der Waals surface area contributed by atoms with E-state index < -0.39 is 11.9 Å². The molecule has 2 amide bonds. The molecule has 0 radical (unpaired) electrons. The van der Waals surface area contributed by atoms with Gasteiger partial charge < -0.3 is 45.0 Å². The predicted molar refractivity (Wildman–Crippen MR) is 249 cm³/mol. The molecular formula is C46H52N6O9S2. The summed E-state index contributed by atoms with van der Waals surface area (Å²) in [6.07, 6.45) is 0.740. The molecule has 4 N–H and O–H groups in total. The third kappa shape index (κ3) is 14.3. The lowest BCUT2D eigenvalue weighted by Crippen LogP contribution is -2.38. The Bertz CT molecular complexity index is 2370. The highest BCUT2D eigenvalue weighted by molar-refractivity contribution is 7.14. The van der Waals surface area contributed by atoms with E-state index in [1.54, 1.807) is 19.1 Å². The number of rotatable bonds is 8. The average Bonchev–Trinajstić information content (AvgIpc) is 4.07. The second-order valence-electron chi connectivity index (χ2n) is 13.1. The first-order chi connectivity index (χ1) is 29.7. The number of nitrogens with two attached hydrogens (primary N) is 1. The molecule has 2 aromatic heterocycles. The Hall–Kier alpha value is -6.98. The Morgan fingerprint density at radius 2 is 1.32 bits per heavy atom. The highest BCUT2D eigenvalue weighted by atomic mass is 32.1. The summed E-state index contributed by atoms with van der Waals surface area (Å²) in [5, 5.41) is 10.9. The molecule has 15 nitrogen and oxygen atoms in total. The van der Waals surface area contributed by atoms with Gasteiger partial charge in [0.25, 0.3) is 0 Å². The molecule has 3 aliphatic heterocycles. The van der Waals surface area contributed by atoms with Crippen LogP contribution in [0.1, 0.15) is 40.5 Å². The highest BCUT2D eigenvalue weighted by Crippen LogP contribution is 2.32. The van der Waals surface area contributed by atoms with Crippen molar-refractivity contribution in [3.05, 3.63) is 108 Å². The maximum atomic E-state index is 12.6. The van der Waals surface area contributed by atoms with E-state index in [1.807, 2.05) is 108 Å². The Balaban J connectivity index is 0.000000216. The van der Waals surface area contributed by atoms with Crippen LogP contribution in [-0.4, -0.2) is 74.2 Å². The number of thiazole rings is 2. The zero-order valence-corrected chi connectivity index (χ0v) is 35.1. The van der Waals surface area contributed by atoms with Gasteiger partial charge in [-0.3, -0.25) is 19.2 Å². The van der Waals surface area contributed by atoms with Crippen molar-refractivity contribution in [2.75, 3.05) is 61.8 Å². The smallest absolute Gasteiger partial charge is 0.314 e. The van der Waals surface area contributed by atoms with E-state index in [9.17, 15) is 19.2 Å². The maximum absolute atomic E-state index is 12.6. The number of aromatic nitrogens is 2. The first kappa shape index (κ1) is 48.7. The molecule has 4 aromatic carbocycles. The van der Waals surface area contributed by atoms with Crippen molar-refractivity contribution in [1.82, 2.24) is 9.97 Å². The first-order valence-corrected chi connectivity index (χ1v) is 20.9. The van der Waals surface area contributed by atoms with Gasteiger partial charge in [-0.2, -0.15) is 0 Å². The van der Waals surface area contributed by atoms with Crippen LogP contribution < -0.4 is 40.2 Å². The lowest BCUT2D eigenvalue weighted by molar-refractivity contribution is -0.152. The molecule has 17 heteroatoms. The number of carbonyl (C=O) groups excluding carboxylic acids is 4. The van der Waals surface area contributed by atoms with Crippen LogP contribution in [0.15, 0.2) is 108 Å². The number of methoxy groups -OCH3 is 2. The van der Waals surface area contributed by atoms with Crippen molar-refractivity contribution in [1.29, 1.82) is 0 Å². The molecular weight excluding hydrogens is 845 g/mol. The molecule has 0 unspecified atom stereocenters. The Morgan fingerprint density at radius 1 is 0.746 bits per heavy atom. The zero-order chi connectivity index (χ0) is 43.0. The number of nitrogen functional groups attached to an aromatic ring is 1. The van der Waals surface area contributed by atoms with Crippen LogP contribution in [0.25, 0.3) is 22.5 Å². The second-order valence-corrected chi connectivity index (χ2v) is 14.8. The number of hydrogen-bond acceptors (Lipinski definition) is 15. The van der Waals surface area contributed by atoms with E-state index in [4.69, 9.17) is 24.7 Å². The molecule has 0 saturated carbocycles. The van der Waals surface area contributed by atoms with E-state index >= 15 is 0 Å². The molecule has 0 atom stereocenters. The molecule has 332 valence electrons. The van der Waals surface area contributed by atoms with Crippen LogP contribution in [0, 0.1) is 0 Å². The van der Waals surface area contributed by atoms with E-state index in [0.717, 1.165) is 64.3 Å². The third-order valence-electron chi connectivity index (χ3n) is 8.96. The zero-order valence-electron chi connectivity index (χ0n) is 33.5. The van der Waals surface area contributed by atoms with Gasteiger partial charge in [-0.1, -0.05) is 39.1 Å². The quantitative estimate of drug-likeness (QED) is 0.0969. The van der Waals surface area contributed by atoms with E-state index in [0.29, 0.717) is 29.2 Å². The Morgan fingerprint density at radius 3 is 1.89 bits per heavy atom. The number of nitrogens with one attached hydrogen (secondary N) is 2. The number of nitrogens with zero attached hydrogens (tertiary/aromatic N) is 3. The fourth-order valence-corrected chi connectivity index (χ4v) is 7.20. The number of para-hydroxylation sites is 4. The van der Waals surface area contributed by atoms with Gasteiger partial charge in [0.15, 0.2) is 10.3 Å². The van der Waals surface area contributed by atoms with Crippen LogP contribution in [0.5, 0.6) is 23.0 Å². The van der Waals surface area contributed by atoms with Crippen molar-refractivity contribution < 1.29 is 42.9 Å². The van der Waals surface area contributed by atoms with Gasteiger partial charge in [0, 0.05) is 41.3 Å². The Kier molecular flexibility index (Phi) is 18.9. The summed E-state index contributed by atoms with van der Waals surface area (Å²) in [6.45, 7) is 2.62. The minimum absolute atomic E-state index is 0. The molecule has 0 bridgehead atoms. The molecule has 1 fully saturated rings. The van der Waals surface area contributed by atoms with Crippen molar-refractivity contribution in [3.8, 4) is 45.5 Å². The van der Waals surface area contributed by atoms with Crippen molar-refractivity contribution in [2.24, 2.45) is 0 Å². The number of benzene rings is 4. The van der Waals surface area contributed by atoms with E-state index in [-0.39, 0.29) is 52.4 Å². The normalized spacial score (nSPS) is 12.8. The summed E-state index contributed by atoms with van der Waals surface area (Å²) in [6, 6.07) is 30.7. The van der Waals surface area contributed by atoms with E-state index in [2.05, 4.69) is 25.3 Å². The summed E-state index contributed by atoms with van der Waals surface area (Å²) in [7, 11) is 3.27. The summed E-state index contributed by atoms with van der Waals surface area (Å²) in [4.78, 5) is 55.3. The van der Waals surface area contributed by atoms with Gasteiger partial charge in [0.05, 0.1) is 56.4 Å². The molecule has 63 heavy (non-hydrogen) atoms. The summed E-state index contributed by atoms with van der Waals surface area (Å²) in [5.41, 5.74) is 11.1. The number of anilines is 4. The first-order valence-electron chi connectivity index (χ1n) is 19.2. The van der Waals surface area contributed by atoms with Crippen molar-refractivity contribution in [3.63, 3.8) is 0 Å². The molecule has 9 rings (SSSR count). The standard InChI is InChI=1S/C22H21N3O4S.C10H10N2OS.C8H9NO.C4H4O3.2CH4/c1-28-16-8-6-15(7-9-16)17-14-30-22(23-17)24-20(26)10-11-21(27)25-12-13-29-19-5-3-2-4-18(19)25;1-13-8-4-2-7(3-5-8)9-6-14-10(11)12-9;1-2-4-8-7(3-1)9-5-6-10-8;5-3-1-2-4(6)7-3;;/h2-9,14H,10-13H2,1H3,(H,23,24,26);2-6H,1H3,(H2,11,12);1-4,9H,5-6H2;1-2H2;2*1H4. The fourth-order valence-electron chi connectivity index (χ4n) is 5.89. The van der Waals surface area contributed by atoms with Gasteiger partial charge in [0.2, 0.25) is 11.8 Å². The highest BCUT2D eigenvalue weighted by Gasteiger charge is 2.24. The summed E-state index contributed by atoms with van der Waals surface area (Å²) in [5.74, 6) is 2.14. The topological polar surface area (TPSA) is 194 Å². The summed E-state index contributed by atoms with van der Waals surface area (Å²) < 4.78 is 25.2. The molecule has 1 saturated heterocycles. The third-order valence-corrected chi connectivity index (χ3v) is 10.4. The fraction of sp³-hybridized carbons (Fsp3) is 0.261. The molecule has 0 spiro atoms. The minimum atomic E-state index is -0.398. The minimum Gasteiger partial charge on any atom is -0.497 e. The number of ether oxygens (including phenoxy) is 5. The van der Waals surface area contributed by atoms with Gasteiger partial charge in [-0.15, -0.1) is 22.7 Å².